The third-order valence-electron chi connectivity index (χ3n) is 4.64. The number of hydrogen-bond acceptors (Lipinski definition) is 4. The molecule has 0 aliphatic heterocycles. The van der Waals surface area contributed by atoms with Gasteiger partial charge < -0.3 is 14.6 Å². The van der Waals surface area contributed by atoms with Crippen molar-refractivity contribution in [1.82, 2.24) is 0 Å². The number of carbonyl (C=O) groups excluding carboxylic acids is 1. The Morgan fingerprint density at radius 1 is 0.821 bits per heavy atom. The third kappa shape index (κ3) is 4.78. The maximum atomic E-state index is 12.6. The van der Waals surface area contributed by atoms with Gasteiger partial charge in [0.1, 0.15) is 19.0 Å². The molecule has 0 spiro atoms. The SMILES string of the molecule is CCC(O)(C(=O)OCc1ccccc1)c1ccc(OCc2ccccc2)cc1. The molecule has 0 bridgehead atoms. The van der Waals surface area contributed by atoms with Gasteiger partial charge in [-0.05, 0) is 35.2 Å². The van der Waals surface area contributed by atoms with Crippen molar-refractivity contribution >= 4 is 5.97 Å². The lowest BCUT2D eigenvalue weighted by Crippen LogP contribution is -2.36. The van der Waals surface area contributed by atoms with Crippen LogP contribution in [0.5, 0.6) is 5.75 Å². The average molecular weight is 376 g/mol. The minimum atomic E-state index is -1.69. The summed E-state index contributed by atoms with van der Waals surface area (Å²) < 4.78 is 11.1. The van der Waals surface area contributed by atoms with Crippen molar-refractivity contribution < 1.29 is 19.4 Å². The summed E-state index contributed by atoms with van der Waals surface area (Å²) in [5.74, 6) is 0.0144. The number of rotatable bonds is 8. The summed E-state index contributed by atoms with van der Waals surface area (Å²) >= 11 is 0. The Morgan fingerprint density at radius 2 is 1.36 bits per heavy atom. The molecule has 28 heavy (non-hydrogen) atoms. The molecule has 144 valence electrons. The Labute approximate surface area is 165 Å². The summed E-state index contributed by atoms with van der Waals surface area (Å²) in [6, 6.07) is 26.2. The quantitative estimate of drug-likeness (QED) is 0.584. The first-order valence-corrected chi connectivity index (χ1v) is 9.32. The predicted octanol–water partition coefficient (Wildman–Crippen LogP) is 4.61. The van der Waals surface area contributed by atoms with Crippen molar-refractivity contribution in [2.45, 2.75) is 32.2 Å². The molecule has 0 fully saturated rings. The number of hydrogen-bond donors (Lipinski definition) is 1. The molecular formula is C24H24O4. The second-order valence-corrected chi connectivity index (χ2v) is 6.57. The second kappa shape index (κ2) is 9.20. The minimum Gasteiger partial charge on any atom is -0.489 e. The molecule has 0 amide bonds. The lowest BCUT2D eigenvalue weighted by Gasteiger charge is -2.25. The van der Waals surface area contributed by atoms with Crippen molar-refractivity contribution in [3.63, 3.8) is 0 Å². The third-order valence-corrected chi connectivity index (χ3v) is 4.64. The number of benzene rings is 3. The number of ether oxygens (including phenoxy) is 2. The van der Waals surface area contributed by atoms with Crippen LogP contribution in [0.2, 0.25) is 0 Å². The standard InChI is InChI=1S/C24H24O4/c1-2-24(26,23(25)28-18-20-11-7-4-8-12-20)21-13-15-22(16-14-21)27-17-19-9-5-3-6-10-19/h3-16,26H,2,17-18H2,1H3. The average Bonchev–Trinajstić information content (AvgIpc) is 2.77. The maximum absolute atomic E-state index is 12.6. The van der Waals surface area contributed by atoms with Gasteiger partial charge >= 0.3 is 5.97 Å². The molecule has 3 aromatic rings. The van der Waals surface area contributed by atoms with Crippen LogP contribution in [0.1, 0.15) is 30.0 Å². The van der Waals surface area contributed by atoms with Crippen LogP contribution in [0.25, 0.3) is 0 Å². The summed E-state index contributed by atoms with van der Waals surface area (Å²) in [6.07, 6.45) is 0.213. The van der Waals surface area contributed by atoms with Crippen molar-refractivity contribution in [1.29, 1.82) is 0 Å². The van der Waals surface area contributed by atoms with Gasteiger partial charge in [0.05, 0.1) is 0 Å². The number of aliphatic hydroxyl groups is 1. The fourth-order valence-corrected chi connectivity index (χ4v) is 2.88. The van der Waals surface area contributed by atoms with Crippen LogP contribution in [0.4, 0.5) is 0 Å². The zero-order valence-corrected chi connectivity index (χ0v) is 15.9. The monoisotopic (exact) mass is 376 g/mol. The topological polar surface area (TPSA) is 55.8 Å². The number of esters is 1. The van der Waals surface area contributed by atoms with E-state index in [0.717, 1.165) is 11.1 Å². The summed E-state index contributed by atoms with van der Waals surface area (Å²) in [6.45, 7) is 2.33. The second-order valence-electron chi connectivity index (χ2n) is 6.57. The van der Waals surface area contributed by atoms with E-state index < -0.39 is 11.6 Å². The summed E-state index contributed by atoms with van der Waals surface area (Å²) in [5, 5.41) is 10.9. The van der Waals surface area contributed by atoms with Gasteiger partial charge in [-0.2, -0.15) is 0 Å². The van der Waals surface area contributed by atoms with Crippen LogP contribution >= 0.6 is 0 Å². The molecule has 4 heteroatoms. The van der Waals surface area contributed by atoms with E-state index in [-0.39, 0.29) is 13.0 Å². The van der Waals surface area contributed by atoms with Crippen LogP contribution in [-0.2, 0) is 28.3 Å². The first-order chi connectivity index (χ1) is 13.6. The lowest BCUT2D eigenvalue weighted by molar-refractivity contribution is -0.168. The van der Waals surface area contributed by atoms with Crippen molar-refractivity contribution in [2.24, 2.45) is 0 Å². The zero-order valence-electron chi connectivity index (χ0n) is 15.9. The molecule has 0 aromatic heterocycles. The fraction of sp³-hybridized carbons (Fsp3) is 0.208. The molecule has 0 saturated heterocycles. The minimum absolute atomic E-state index is 0.125. The first kappa shape index (κ1) is 19.6. The van der Waals surface area contributed by atoms with Crippen LogP contribution < -0.4 is 4.74 Å². The van der Waals surface area contributed by atoms with Gasteiger partial charge in [0, 0.05) is 0 Å². The highest BCUT2D eigenvalue weighted by Crippen LogP contribution is 2.29. The van der Waals surface area contributed by atoms with E-state index in [2.05, 4.69) is 0 Å². The normalized spacial score (nSPS) is 12.8. The first-order valence-electron chi connectivity index (χ1n) is 9.32. The van der Waals surface area contributed by atoms with Crippen molar-refractivity contribution in [3.05, 3.63) is 102 Å². The smallest absolute Gasteiger partial charge is 0.343 e. The van der Waals surface area contributed by atoms with Crippen LogP contribution in [0.3, 0.4) is 0 Å². The highest BCUT2D eigenvalue weighted by atomic mass is 16.5. The van der Waals surface area contributed by atoms with Gasteiger partial charge in [-0.25, -0.2) is 4.79 Å². The van der Waals surface area contributed by atoms with Gasteiger partial charge in [-0.1, -0.05) is 79.7 Å². The van der Waals surface area contributed by atoms with E-state index in [1.807, 2.05) is 60.7 Å². The van der Waals surface area contributed by atoms with E-state index in [4.69, 9.17) is 9.47 Å². The Kier molecular flexibility index (Phi) is 6.45. The highest BCUT2D eigenvalue weighted by molar-refractivity contribution is 5.81. The Hall–Kier alpha value is -3.11. The van der Waals surface area contributed by atoms with Crippen LogP contribution in [0.15, 0.2) is 84.9 Å². The molecular weight excluding hydrogens is 352 g/mol. The maximum Gasteiger partial charge on any atom is 0.343 e. The van der Waals surface area contributed by atoms with Crippen LogP contribution in [-0.4, -0.2) is 11.1 Å². The summed E-state index contributed by atoms with van der Waals surface area (Å²) in [4.78, 5) is 12.6. The van der Waals surface area contributed by atoms with Gasteiger partial charge in [0.15, 0.2) is 5.60 Å². The molecule has 0 aliphatic rings. The van der Waals surface area contributed by atoms with Gasteiger partial charge in [-0.3, -0.25) is 0 Å². The van der Waals surface area contributed by atoms with E-state index in [0.29, 0.717) is 17.9 Å². The highest BCUT2D eigenvalue weighted by Gasteiger charge is 2.37. The van der Waals surface area contributed by atoms with Crippen molar-refractivity contribution in [2.75, 3.05) is 0 Å². The predicted molar refractivity (Wildman–Crippen MR) is 108 cm³/mol. The van der Waals surface area contributed by atoms with E-state index in [1.165, 1.54) is 0 Å². The molecule has 3 aromatic carbocycles. The van der Waals surface area contributed by atoms with Crippen molar-refractivity contribution in [3.8, 4) is 5.75 Å². The molecule has 0 saturated carbocycles. The zero-order chi connectivity index (χ0) is 19.8. The van der Waals surface area contributed by atoms with Gasteiger partial charge in [-0.15, -0.1) is 0 Å². The van der Waals surface area contributed by atoms with E-state index in [1.54, 1.807) is 31.2 Å². The Bertz CT molecular complexity index is 875. The molecule has 1 unspecified atom stereocenters. The lowest BCUT2D eigenvalue weighted by atomic mass is 9.91. The summed E-state index contributed by atoms with van der Waals surface area (Å²) in [5.41, 5.74) is 0.743. The number of carbonyl (C=O) groups is 1. The molecule has 0 radical (unpaired) electrons. The molecule has 3 rings (SSSR count). The van der Waals surface area contributed by atoms with Crippen LogP contribution in [0, 0.1) is 0 Å². The fourth-order valence-electron chi connectivity index (χ4n) is 2.88. The largest absolute Gasteiger partial charge is 0.489 e. The Balaban J connectivity index is 1.64. The molecule has 0 aliphatic carbocycles. The molecule has 4 nitrogen and oxygen atoms in total. The molecule has 0 heterocycles. The molecule has 1 atom stereocenters. The van der Waals surface area contributed by atoms with E-state index >= 15 is 0 Å². The molecule has 1 N–H and O–H groups in total. The Morgan fingerprint density at radius 3 is 1.89 bits per heavy atom. The summed E-state index contributed by atoms with van der Waals surface area (Å²) in [7, 11) is 0. The van der Waals surface area contributed by atoms with Gasteiger partial charge in [0.25, 0.3) is 0 Å². The van der Waals surface area contributed by atoms with E-state index in [9.17, 15) is 9.90 Å². The van der Waals surface area contributed by atoms with Gasteiger partial charge in [0.2, 0.25) is 0 Å².